The van der Waals surface area contributed by atoms with Crippen LogP contribution in [0.4, 0.5) is 15.1 Å². The zero-order valence-corrected chi connectivity index (χ0v) is 20.4. The topological polar surface area (TPSA) is 112 Å². The Morgan fingerprint density at radius 3 is 2.06 bits per heavy atom. The average Bonchev–Trinajstić information content (AvgIpc) is 3.19. The minimum atomic E-state index is -0.746. The summed E-state index contributed by atoms with van der Waals surface area (Å²) in [7, 11) is 5.45. The first-order chi connectivity index (χ1) is 16.7. The molecule has 0 saturated heterocycles. The molecule has 2 amide bonds. The van der Waals surface area contributed by atoms with E-state index in [-0.39, 0.29) is 43.8 Å². The van der Waals surface area contributed by atoms with Crippen molar-refractivity contribution in [1.82, 2.24) is 0 Å². The minimum Gasteiger partial charge on any atom is -0.493 e. The standard InChI is InChI=1S/C24H23FN2O7S/c1-12-18(24(30)34-5)23(35-20(12)22(29)26-15-9-7-6-8-14(15)25)27-21(28)13-10-16(31-2)19(33-4)17(11-13)32-3/h6-11H,1-5H3,(H,26,29)(H,27,28). The second-order valence-corrected chi connectivity index (χ2v) is 8.07. The predicted molar refractivity (Wildman–Crippen MR) is 129 cm³/mol. The van der Waals surface area contributed by atoms with E-state index in [1.165, 1.54) is 65.7 Å². The fourth-order valence-corrected chi connectivity index (χ4v) is 4.38. The third-order valence-corrected chi connectivity index (χ3v) is 6.22. The lowest BCUT2D eigenvalue weighted by Crippen LogP contribution is -2.15. The lowest BCUT2D eigenvalue weighted by molar-refractivity contribution is 0.0601. The van der Waals surface area contributed by atoms with Crippen LogP contribution in [-0.2, 0) is 4.74 Å². The van der Waals surface area contributed by atoms with E-state index in [0.29, 0.717) is 5.75 Å². The zero-order chi connectivity index (χ0) is 25.7. The number of benzene rings is 2. The summed E-state index contributed by atoms with van der Waals surface area (Å²) in [4.78, 5) is 38.6. The highest BCUT2D eigenvalue weighted by Gasteiger charge is 2.27. The van der Waals surface area contributed by atoms with E-state index in [2.05, 4.69) is 10.6 Å². The van der Waals surface area contributed by atoms with Crippen LogP contribution >= 0.6 is 11.3 Å². The highest BCUT2D eigenvalue weighted by atomic mass is 32.1. The zero-order valence-electron chi connectivity index (χ0n) is 19.6. The second-order valence-electron chi connectivity index (χ2n) is 7.05. The van der Waals surface area contributed by atoms with Crippen molar-refractivity contribution in [1.29, 1.82) is 0 Å². The fourth-order valence-electron chi connectivity index (χ4n) is 3.30. The summed E-state index contributed by atoms with van der Waals surface area (Å²) in [6.45, 7) is 1.54. The number of amides is 2. The van der Waals surface area contributed by atoms with E-state index >= 15 is 0 Å². The van der Waals surface area contributed by atoms with Crippen molar-refractivity contribution in [3.05, 3.63) is 63.8 Å². The molecule has 35 heavy (non-hydrogen) atoms. The van der Waals surface area contributed by atoms with Crippen molar-refractivity contribution in [2.45, 2.75) is 6.92 Å². The second kappa shape index (κ2) is 10.9. The Balaban J connectivity index is 1.99. The maximum atomic E-state index is 14.0. The van der Waals surface area contributed by atoms with E-state index in [1.54, 1.807) is 6.07 Å². The lowest BCUT2D eigenvalue weighted by Gasteiger charge is -2.14. The average molecular weight is 503 g/mol. The number of esters is 1. The number of hydrogen-bond donors (Lipinski definition) is 2. The molecule has 0 aliphatic carbocycles. The van der Waals surface area contributed by atoms with Gasteiger partial charge in [-0.25, -0.2) is 9.18 Å². The smallest absolute Gasteiger partial charge is 0.341 e. The van der Waals surface area contributed by atoms with Crippen LogP contribution in [0.5, 0.6) is 17.2 Å². The summed E-state index contributed by atoms with van der Waals surface area (Å²) in [5, 5.41) is 5.21. The van der Waals surface area contributed by atoms with E-state index in [4.69, 9.17) is 18.9 Å². The molecule has 11 heteroatoms. The number of ether oxygens (including phenoxy) is 4. The number of thiophene rings is 1. The molecule has 1 heterocycles. The third-order valence-electron chi connectivity index (χ3n) is 5.02. The summed E-state index contributed by atoms with van der Waals surface area (Å²) in [6.07, 6.45) is 0. The van der Waals surface area contributed by atoms with Crippen molar-refractivity contribution in [3.63, 3.8) is 0 Å². The highest BCUT2D eigenvalue weighted by molar-refractivity contribution is 7.19. The van der Waals surface area contributed by atoms with Crippen LogP contribution in [0.1, 0.15) is 36.0 Å². The van der Waals surface area contributed by atoms with Crippen molar-refractivity contribution in [2.24, 2.45) is 0 Å². The molecule has 9 nitrogen and oxygen atoms in total. The van der Waals surface area contributed by atoms with Gasteiger partial charge < -0.3 is 29.6 Å². The maximum Gasteiger partial charge on any atom is 0.341 e. The molecule has 3 rings (SSSR count). The molecule has 0 saturated carbocycles. The van der Waals surface area contributed by atoms with E-state index in [1.807, 2.05) is 0 Å². The molecular formula is C24H23FN2O7S. The quantitative estimate of drug-likeness (QED) is 0.436. The van der Waals surface area contributed by atoms with Crippen LogP contribution in [-0.4, -0.2) is 46.2 Å². The molecule has 3 aromatic rings. The number of hydrogen-bond acceptors (Lipinski definition) is 8. The monoisotopic (exact) mass is 502 g/mol. The molecule has 2 aromatic carbocycles. The Labute approximate surface area is 204 Å². The Hall–Kier alpha value is -4.12. The largest absolute Gasteiger partial charge is 0.493 e. The number of anilines is 2. The number of nitrogens with one attached hydrogen (secondary N) is 2. The molecule has 0 radical (unpaired) electrons. The number of carbonyl (C=O) groups is 3. The van der Waals surface area contributed by atoms with E-state index < -0.39 is 23.6 Å². The van der Waals surface area contributed by atoms with Gasteiger partial charge in [-0.2, -0.15) is 0 Å². The summed E-state index contributed by atoms with van der Waals surface area (Å²) in [6, 6.07) is 8.57. The van der Waals surface area contributed by atoms with Gasteiger partial charge in [-0.1, -0.05) is 12.1 Å². The molecule has 0 aliphatic rings. The Morgan fingerprint density at radius 2 is 1.51 bits per heavy atom. The highest BCUT2D eigenvalue weighted by Crippen LogP contribution is 2.39. The normalized spacial score (nSPS) is 10.3. The van der Waals surface area contributed by atoms with Gasteiger partial charge in [-0.15, -0.1) is 11.3 Å². The maximum absolute atomic E-state index is 14.0. The first-order valence-electron chi connectivity index (χ1n) is 10.1. The molecule has 0 atom stereocenters. The minimum absolute atomic E-state index is 0.0111. The third kappa shape index (κ3) is 5.19. The Morgan fingerprint density at radius 1 is 0.886 bits per heavy atom. The van der Waals surface area contributed by atoms with Crippen molar-refractivity contribution >= 4 is 39.8 Å². The number of carbonyl (C=O) groups excluding carboxylic acids is 3. The van der Waals surface area contributed by atoms with Gasteiger partial charge in [0, 0.05) is 5.56 Å². The van der Waals surface area contributed by atoms with Crippen LogP contribution in [0.25, 0.3) is 0 Å². The SMILES string of the molecule is COC(=O)c1c(NC(=O)c2cc(OC)c(OC)c(OC)c2)sc(C(=O)Nc2ccccc2F)c1C. The molecule has 0 fully saturated rings. The number of methoxy groups -OCH3 is 4. The molecule has 0 spiro atoms. The summed E-state index contributed by atoms with van der Waals surface area (Å²) in [5.74, 6) is -1.77. The molecule has 0 unspecified atom stereocenters. The van der Waals surface area contributed by atoms with Gasteiger partial charge in [0.2, 0.25) is 5.75 Å². The van der Waals surface area contributed by atoms with Crippen molar-refractivity contribution in [2.75, 3.05) is 39.1 Å². The molecule has 0 aliphatic heterocycles. The molecule has 2 N–H and O–H groups in total. The lowest BCUT2D eigenvalue weighted by atomic mass is 10.1. The first kappa shape index (κ1) is 25.5. The van der Waals surface area contributed by atoms with E-state index in [9.17, 15) is 18.8 Å². The van der Waals surface area contributed by atoms with Crippen molar-refractivity contribution in [3.8, 4) is 17.2 Å². The number of rotatable bonds is 8. The van der Waals surface area contributed by atoms with Gasteiger partial charge in [0.05, 0.1) is 44.6 Å². The summed E-state index contributed by atoms with van der Waals surface area (Å²) < 4.78 is 34.7. The molecule has 184 valence electrons. The van der Waals surface area contributed by atoms with Gasteiger partial charge >= 0.3 is 5.97 Å². The molecule has 0 bridgehead atoms. The number of para-hydroxylation sites is 1. The Kier molecular flexibility index (Phi) is 7.92. The predicted octanol–water partition coefficient (Wildman–Crippen LogP) is 4.51. The van der Waals surface area contributed by atoms with Crippen LogP contribution in [0, 0.1) is 12.7 Å². The first-order valence-corrected chi connectivity index (χ1v) is 11.0. The molecule has 1 aromatic heterocycles. The number of halogens is 1. The van der Waals surface area contributed by atoms with Gasteiger partial charge in [-0.05, 0) is 36.8 Å². The summed E-state index contributed by atoms with van der Waals surface area (Å²) in [5.41, 5.74) is 0.416. The fraction of sp³-hybridized carbons (Fsp3) is 0.208. The van der Waals surface area contributed by atoms with E-state index in [0.717, 1.165) is 11.3 Å². The van der Waals surface area contributed by atoms with Crippen LogP contribution in [0.2, 0.25) is 0 Å². The van der Waals surface area contributed by atoms with Crippen LogP contribution in [0.3, 0.4) is 0 Å². The van der Waals surface area contributed by atoms with Crippen LogP contribution < -0.4 is 24.8 Å². The van der Waals surface area contributed by atoms with Gasteiger partial charge in [0.15, 0.2) is 11.5 Å². The molecular weight excluding hydrogens is 479 g/mol. The van der Waals surface area contributed by atoms with Gasteiger partial charge in [-0.3, -0.25) is 9.59 Å². The van der Waals surface area contributed by atoms with Gasteiger partial charge in [0.25, 0.3) is 11.8 Å². The van der Waals surface area contributed by atoms with Crippen LogP contribution in [0.15, 0.2) is 36.4 Å². The van der Waals surface area contributed by atoms with Crippen molar-refractivity contribution < 1.29 is 37.7 Å². The summed E-state index contributed by atoms with van der Waals surface area (Å²) >= 11 is 0.859. The Bertz CT molecular complexity index is 1260. The van der Waals surface area contributed by atoms with Gasteiger partial charge in [0.1, 0.15) is 10.8 Å².